The summed E-state index contributed by atoms with van der Waals surface area (Å²) in [6, 6.07) is 4.80. The van der Waals surface area contributed by atoms with E-state index in [1.807, 2.05) is 0 Å². The van der Waals surface area contributed by atoms with Gasteiger partial charge in [-0.15, -0.1) is 0 Å². The van der Waals surface area contributed by atoms with Crippen LogP contribution in [0.25, 0.3) is 0 Å². The second-order valence-corrected chi connectivity index (χ2v) is 5.02. The first-order valence-corrected chi connectivity index (χ1v) is 6.89. The third kappa shape index (κ3) is 4.14. The van der Waals surface area contributed by atoms with Crippen LogP contribution >= 0.6 is 31.9 Å². The summed E-state index contributed by atoms with van der Waals surface area (Å²) in [4.78, 5) is 11.7. The summed E-state index contributed by atoms with van der Waals surface area (Å²) in [6.07, 6.45) is 1.94. The number of hydrogen-bond acceptors (Lipinski definition) is 2. The summed E-state index contributed by atoms with van der Waals surface area (Å²) in [7, 11) is 0. The van der Waals surface area contributed by atoms with Gasteiger partial charge in [-0.25, -0.2) is 0 Å². The molecular formula is C11H13Br2NO2. The number of benzene rings is 1. The summed E-state index contributed by atoms with van der Waals surface area (Å²) in [5, 5.41) is 13.2. The molecule has 2 N–H and O–H groups in total. The minimum absolute atomic E-state index is 0.00110. The van der Waals surface area contributed by atoms with Crippen molar-refractivity contribution in [2.75, 3.05) is 11.9 Å². The van der Waals surface area contributed by atoms with Crippen molar-refractivity contribution in [2.45, 2.75) is 12.8 Å². The van der Waals surface area contributed by atoms with E-state index in [1.165, 1.54) is 6.07 Å². The molecule has 1 amide bonds. The highest BCUT2D eigenvalue weighted by Crippen LogP contribution is 2.21. The molecule has 0 atom stereocenters. The van der Waals surface area contributed by atoms with Crippen molar-refractivity contribution >= 4 is 37.8 Å². The molecule has 0 aliphatic carbocycles. The molecule has 3 nitrogen and oxygen atoms in total. The molecule has 0 radical (unpaired) electrons. The molecule has 1 aromatic rings. The van der Waals surface area contributed by atoms with Crippen molar-refractivity contribution in [3.8, 4) is 5.75 Å². The maximum absolute atomic E-state index is 11.7. The zero-order valence-electron chi connectivity index (χ0n) is 8.67. The van der Waals surface area contributed by atoms with Gasteiger partial charge < -0.3 is 10.4 Å². The Bertz CT molecular complexity index is 369. The number of nitrogens with one attached hydrogen (secondary N) is 1. The minimum atomic E-state index is -0.242. The Kier molecular flexibility index (Phi) is 5.84. The topological polar surface area (TPSA) is 49.3 Å². The highest BCUT2D eigenvalue weighted by atomic mass is 79.9. The number of hydrogen-bond donors (Lipinski definition) is 2. The van der Waals surface area contributed by atoms with Crippen LogP contribution in [0.5, 0.6) is 5.75 Å². The molecule has 1 rings (SSSR count). The number of aromatic hydroxyl groups is 1. The number of carbonyl (C=O) groups is 1. The van der Waals surface area contributed by atoms with E-state index in [9.17, 15) is 9.90 Å². The number of unbranched alkanes of at least 4 members (excludes halogenated alkanes) is 1. The maximum Gasteiger partial charge on any atom is 0.255 e. The average molecular weight is 351 g/mol. The first-order valence-electron chi connectivity index (χ1n) is 4.98. The van der Waals surface area contributed by atoms with Crippen molar-refractivity contribution in [1.29, 1.82) is 0 Å². The molecule has 0 aromatic heterocycles. The van der Waals surface area contributed by atoms with Gasteiger partial charge in [0.15, 0.2) is 0 Å². The van der Waals surface area contributed by atoms with Gasteiger partial charge >= 0.3 is 0 Å². The SMILES string of the molecule is O=C(NCCCCBr)c1cc(Br)ccc1O. The lowest BCUT2D eigenvalue weighted by Crippen LogP contribution is -2.24. The molecular weight excluding hydrogens is 338 g/mol. The molecule has 0 aliphatic rings. The van der Waals surface area contributed by atoms with Crippen LogP contribution in [0.15, 0.2) is 22.7 Å². The van der Waals surface area contributed by atoms with Crippen LogP contribution in [0, 0.1) is 0 Å². The fraction of sp³-hybridized carbons (Fsp3) is 0.364. The molecule has 0 saturated carbocycles. The number of phenolic OH excluding ortho intramolecular Hbond substituents is 1. The van der Waals surface area contributed by atoms with Crippen molar-refractivity contribution in [2.24, 2.45) is 0 Å². The van der Waals surface area contributed by atoms with Gasteiger partial charge in [-0.3, -0.25) is 4.79 Å². The van der Waals surface area contributed by atoms with E-state index in [0.717, 1.165) is 22.6 Å². The smallest absolute Gasteiger partial charge is 0.255 e. The van der Waals surface area contributed by atoms with E-state index in [-0.39, 0.29) is 11.7 Å². The Morgan fingerprint density at radius 2 is 2.12 bits per heavy atom. The first-order chi connectivity index (χ1) is 7.65. The lowest BCUT2D eigenvalue weighted by atomic mass is 10.2. The second kappa shape index (κ2) is 6.91. The number of carbonyl (C=O) groups excluding carboxylic acids is 1. The fourth-order valence-corrected chi connectivity index (χ4v) is 1.96. The number of rotatable bonds is 5. The largest absolute Gasteiger partial charge is 0.507 e. The molecule has 0 bridgehead atoms. The van der Waals surface area contributed by atoms with Crippen LogP contribution in [0.4, 0.5) is 0 Å². The van der Waals surface area contributed by atoms with Crippen molar-refractivity contribution < 1.29 is 9.90 Å². The zero-order chi connectivity index (χ0) is 12.0. The molecule has 0 fully saturated rings. The summed E-state index contributed by atoms with van der Waals surface area (Å²) < 4.78 is 0.774. The number of halogens is 2. The van der Waals surface area contributed by atoms with Gasteiger partial charge in [0.2, 0.25) is 0 Å². The molecule has 88 valence electrons. The third-order valence-electron chi connectivity index (χ3n) is 2.05. The lowest BCUT2D eigenvalue weighted by molar-refractivity contribution is 0.0950. The Labute approximate surface area is 111 Å². The molecule has 16 heavy (non-hydrogen) atoms. The minimum Gasteiger partial charge on any atom is -0.507 e. The van der Waals surface area contributed by atoms with Gasteiger partial charge in [-0.05, 0) is 31.0 Å². The van der Waals surface area contributed by atoms with E-state index in [1.54, 1.807) is 12.1 Å². The van der Waals surface area contributed by atoms with E-state index in [2.05, 4.69) is 37.2 Å². The summed E-state index contributed by atoms with van der Waals surface area (Å²) in [6.45, 7) is 0.621. The van der Waals surface area contributed by atoms with E-state index in [4.69, 9.17) is 0 Å². The van der Waals surface area contributed by atoms with Crippen LogP contribution in [-0.4, -0.2) is 22.9 Å². The van der Waals surface area contributed by atoms with E-state index in [0.29, 0.717) is 12.1 Å². The fourth-order valence-electron chi connectivity index (χ4n) is 1.21. The highest BCUT2D eigenvalue weighted by Gasteiger charge is 2.10. The molecule has 0 heterocycles. The number of alkyl halides is 1. The van der Waals surface area contributed by atoms with Crippen molar-refractivity contribution in [1.82, 2.24) is 5.32 Å². The molecule has 5 heteroatoms. The van der Waals surface area contributed by atoms with Gasteiger partial charge in [-0.1, -0.05) is 31.9 Å². The van der Waals surface area contributed by atoms with Crippen molar-refractivity contribution in [3.63, 3.8) is 0 Å². The molecule has 0 aliphatic heterocycles. The number of phenols is 1. The highest BCUT2D eigenvalue weighted by molar-refractivity contribution is 9.10. The van der Waals surface area contributed by atoms with Gasteiger partial charge in [0.05, 0.1) is 5.56 Å². The predicted octanol–water partition coefficient (Wildman–Crippen LogP) is 3.06. The Balaban J connectivity index is 2.55. The molecule has 0 spiro atoms. The predicted molar refractivity (Wildman–Crippen MR) is 71.2 cm³/mol. The Hall–Kier alpha value is -0.550. The van der Waals surface area contributed by atoms with Crippen LogP contribution in [0.2, 0.25) is 0 Å². The quantitative estimate of drug-likeness (QED) is 0.633. The maximum atomic E-state index is 11.7. The summed E-state index contributed by atoms with van der Waals surface area (Å²) >= 11 is 6.58. The normalized spacial score (nSPS) is 10.1. The molecule has 0 saturated heterocycles. The third-order valence-corrected chi connectivity index (χ3v) is 3.10. The van der Waals surface area contributed by atoms with Crippen LogP contribution in [-0.2, 0) is 0 Å². The summed E-state index contributed by atoms with van der Waals surface area (Å²) in [5.41, 5.74) is 0.299. The number of amides is 1. The van der Waals surface area contributed by atoms with E-state index >= 15 is 0 Å². The van der Waals surface area contributed by atoms with Crippen molar-refractivity contribution in [3.05, 3.63) is 28.2 Å². The lowest BCUT2D eigenvalue weighted by Gasteiger charge is -2.06. The van der Waals surface area contributed by atoms with Gasteiger partial charge in [0.1, 0.15) is 5.75 Å². The molecule has 0 unspecified atom stereocenters. The van der Waals surface area contributed by atoms with Crippen LogP contribution < -0.4 is 5.32 Å². The van der Waals surface area contributed by atoms with Crippen LogP contribution in [0.3, 0.4) is 0 Å². The molecule has 1 aromatic carbocycles. The average Bonchev–Trinajstić information content (AvgIpc) is 2.27. The standard InChI is InChI=1S/C11H13Br2NO2/c12-5-1-2-6-14-11(16)9-7-8(13)3-4-10(9)15/h3-4,7,15H,1-2,5-6H2,(H,14,16). The van der Waals surface area contributed by atoms with Gasteiger partial charge in [0, 0.05) is 16.3 Å². The zero-order valence-corrected chi connectivity index (χ0v) is 11.8. The Morgan fingerprint density at radius 1 is 1.38 bits per heavy atom. The monoisotopic (exact) mass is 349 g/mol. The first kappa shape index (κ1) is 13.5. The van der Waals surface area contributed by atoms with Crippen LogP contribution in [0.1, 0.15) is 23.2 Å². The second-order valence-electron chi connectivity index (χ2n) is 3.31. The van der Waals surface area contributed by atoms with E-state index < -0.39 is 0 Å². The van der Waals surface area contributed by atoms with Gasteiger partial charge in [-0.2, -0.15) is 0 Å². The van der Waals surface area contributed by atoms with Gasteiger partial charge in [0.25, 0.3) is 5.91 Å². The summed E-state index contributed by atoms with van der Waals surface area (Å²) in [5.74, 6) is -0.241. The Morgan fingerprint density at radius 3 is 2.81 bits per heavy atom.